The molecule has 1 fully saturated rings. The number of carbonyl (C=O) groups is 2. The molecule has 2 N–H and O–H groups in total. The largest absolute Gasteiger partial charge is 0.352 e. The number of thioether (sulfide) groups is 1. The van der Waals surface area contributed by atoms with Crippen LogP contribution >= 0.6 is 11.8 Å². The molecule has 0 bridgehead atoms. The molecular formula is C24H31N3O4S2. The molecule has 0 radical (unpaired) electrons. The number of hydrogen-bond donors (Lipinski definition) is 2. The second-order valence-electron chi connectivity index (χ2n) is 8.00. The smallest absolute Gasteiger partial charge is 0.253 e. The van der Waals surface area contributed by atoms with Crippen molar-refractivity contribution in [1.82, 2.24) is 9.62 Å². The van der Waals surface area contributed by atoms with Crippen LogP contribution in [0.3, 0.4) is 0 Å². The molecule has 7 nitrogen and oxygen atoms in total. The standard InChI is InChI=1S/C24H31N3O4S2/c1-3-4-15-25-24(29)21-7-5-6-8-22(21)26-23(28)18-13-16-27(17-14-18)33(30,31)20-11-9-19(32-2)10-12-20/h5-12,18H,3-4,13-17H2,1-2H3,(H,25,29)(H,26,28). The predicted octanol–water partition coefficient (Wildman–Crippen LogP) is 3.98. The van der Waals surface area contributed by atoms with E-state index in [1.807, 2.05) is 6.26 Å². The highest BCUT2D eigenvalue weighted by atomic mass is 32.2. The molecule has 2 aromatic carbocycles. The predicted molar refractivity (Wildman–Crippen MR) is 132 cm³/mol. The molecule has 0 atom stereocenters. The monoisotopic (exact) mass is 489 g/mol. The highest BCUT2D eigenvalue weighted by Gasteiger charge is 2.32. The van der Waals surface area contributed by atoms with E-state index >= 15 is 0 Å². The number of unbranched alkanes of at least 4 members (excludes halogenated alkanes) is 1. The number of rotatable bonds is 9. The lowest BCUT2D eigenvalue weighted by molar-refractivity contribution is -0.120. The number of para-hydroxylation sites is 1. The van der Waals surface area contributed by atoms with Gasteiger partial charge in [-0.25, -0.2) is 8.42 Å². The van der Waals surface area contributed by atoms with Gasteiger partial charge in [0.05, 0.1) is 16.1 Å². The second kappa shape index (κ2) is 11.7. The number of amides is 2. The van der Waals surface area contributed by atoms with E-state index in [1.54, 1.807) is 60.3 Å². The van der Waals surface area contributed by atoms with Gasteiger partial charge >= 0.3 is 0 Å². The zero-order chi connectivity index (χ0) is 23.8. The maximum absolute atomic E-state index is 13.0. The van der Waals surface area contributed by atoms with Gasteiger partial charge in [-0.05, 0) is 61.9 Å². The van der Waals surface area contributed by atoms with Crippen LogP contribution in [0.25, 0.3) is 0 Å². The van der Waals surface area contributed by atoms with E-state index in [9.17, 15) is 18.0 Å². The van der Waals surface area contributed by atoms with Crippen molar-refractivity contribution >= 4 is 39.3 Å². The molecule has 1 saturated heterocycles. The zero-order valence-corrected chi connectivity index (χ0v) is 20.7. The lowest BCUT2D eigenvalue weighted by Crippen LogP contribution is -2.41. The van der Waals surface area contributed by atoms with Gasteiger partial charge in [0, 0.05) is 30.4 Å². The summed E-state index contributed by atoms with van der Waals surface area (Å²) in [7, 11) is -3.58. The van der Waals surface area contributed by atoms with Crippen LogP contribution in [0.2, 0.25) is 0 Å². The van der Waals surface area contributed by atoms with Gasteiger partial charge in [-0.3, -0.25) is 9.59 Å². The normalized spacial score (nSPS) is 15.2. The van der Waals surface area contributed by atoms with Gasteiger partial charge in [0.2, 0.25) is 15.9 Å². The summed E-state index contributed by atoms with van der Waals surface area (Å²) < 4.78 is 27.4. The van der Waals surface area contributed by atoms with E-state index in [4.69, 9.17) is 0 Å². The lowest BCUT2D eigenvalue weighted by atomic mass is 9.97. The number of sulfonamides is 1. The Balaban J connectivity index is 1.60. The summed E-state index contributed by atoms with van der Waals surface area (Å²) in [4.78, 5) is 26.6. The third kappa shape index (κ3) is 6.37. The van der Waals surface area contributed by atoms with Crippen LogP contribution < -0.4 is 10.6 Å². The molecule has 1 aliphatic rings. The van der Waals surface area contributed by atoms with E-state index < -0.39 is 10.0 Å². The molecule has 178 valence electrons. The van der Waals surface area contributed by atoms with Crippen molar-refractivity contribution in [3.05, 3.63) is 54.1 Å². The van der Waals surface area contributed by atoms with Crippen molar-refractivity contribution in [1.29, 1.82) is 0 Å². The first-order valence-corrected chi connectivity index (χ1v) is 13.9. The maximum Gasteiger partial charge on any atom is 0.253 e. The number of piperidine rings is 1. The number of carbonyl (C=O) groups excluding carboxylic acids is 2. The summed E-state index contributed by atoms with van der Waals surface area (Å²) in [6.45, 7) is 3.20. The van der Waals surface area contributed by atoms with Crippen molar-refractivity contribution in [2.75, 3.05) is 31.2 Å². The fraction of sp³-hybridized carbons (Fsp3) is 0.417. The number of hydrogen-bond acceptors (Lipinski definition) is 5. The Bertz CT molecular complexity index is 1060. The fourth-order valence-electron chi connectivity index (χ4n) is 3.75. The molecule has 1 aliphatic heterocycles. The molecule has 0 spiro atoms. The van der Waals surface area contributed by atoms with Crippen molar-refractivity contribution in [2.24, 2.45) is 5.92 Å². The third-order valence-electron chi connectivity index (χ3n) is 5.77. The minimum Gasteiger partial charge on any atom is -0.352 e. The minimum atomic E-state index is -3.58. The Labute approximate surface area is 200 Å². The van der Waals surface area contributed by atoms with Crippen LogP contribution in [0.1, 0.15) is 43.0 Å². The molecule has 3 rings (SSSR count). The van der Waals surface area contributed by atoms with E-state index in [2.05, 4.69) is 17.6 Å². The molecule has 33 heavy (non-hydrogen) atoms. The number of nitrogens with zero attached hydrogens (tertiary/aromatic N) is 1. The van der Waals surface area contributed by atoms with E-state index in [0.29, 0.717) is 30.6 Å². The summed E-state index contributed by atoms with van der Waals surface area (Å²) in [5, 5.41) is 5.75. The molecule has 2 amide bonds. The van der Waals surface area contributed by atoms with Crippen LogP contribution in [0, 0.1) is 5.92 Å². The van der Waals surface area contributed by atoms with Crippen molar-refractivity contribution in [3.8, 4) is 0 Å². The first kappa shape index (κ1) is 25.3. The second-order valence-corrected chi connectivity index (χ2v) is 10.8. The van der Waals surface area contributed by atoms with Crippen LogP contribution in [0.15, 0.2) is 58.3 Å². The minimum absolute atomic E-state index is 0.190. The van der Waals surface area contributed by atoms with Gasteiger partial charge in [-0.15, -0.1) is 11.8 Å². The van der Waals surface area contributed by atoms with Crippen molar-refractivity contribution < 1.29 is 18.0 Å². The Morgan fingerprint density at radius 3 is 2.36 bits per heavy atom. The first-order chi connectivity index (χ1) is 15.9. The Morgan fingerprint density at radius 2 is 1.73 bits per heavy atom. The Morgan fingerprint density at radius 1 is 1.06 bits per heavy atom. The molecule has 0 aromatic heterocycles. The van der Waals surface area contributed by atoms with Gasteiger partial charge in [0.25, 0.3) is 5.91 Å². The van der Waals surface area contributed by atoms with Crippen LogP contribution in [0.5, 0.6) is 0 Å². The molecule has 2 aromatic rings. The average Bonchev–Trinajstić information content (AvgIpc) is 2.84. The highest BCUT2D eigenvalue weighted by Crippen LogP contribution is 2.26. The fourth-order valence-corrected chi connectivity index (χ4v) is 5.63. The number of nitrogens with one attached hydrogen (secondary N) is 2. The van der Waals surface area contributed by atoms with E-state index in [-0.39, 0.29) is 35.7 Å². The third-order valence-corrected chi connectivity index (χ3v) is 8.42. The molecule has 9 heteroatoms. The molecule has 0 saturated carbocycles. The molecule has 1 heterocycles. The summed E-state index contributed by atoms with van der Waals surface area (Å²) in [6, 6.07) is 13.8. The van der Waals surface area contributed by atoms with Gasteiger partial charge < -0.3 is 10.6 Å². The van der Waals surface area contributed by atoms with Crippen LogP contribution in [0.4, 0.5) is 5.69 Å². The van der Waals surface area contributed by atoms with E-state index in [0.717, 1.165) is 17.7 Å². The quantitative estimate of drug-likeness (QED) is 0.410. The highest BCUT2D eigenvalue weighted by molar-refractivity contribution is 7.98. The van der Waals surface area contributed by atoms with Gasteiger partial charge in [0.15, 0.2) is 0 Å². The first-order valence-electron chi connectivity index (χ1n) is 11.2. The van der Waals surface area contributed by atoms with E-state index in [1.165, 1.54) is 4.31 Å². The SMILES string of the molecule is CCCCNC(=O)c1ccccc1NC(=O)C1CCN(S(=O)(=O)c2ccc(SC)cc2)CC1. The molecule has 0 unspecified atom stereocenters. The summed E-state index contributed by atoms with van der Waals surface area (Å²) >= 11 is 1.56. The van der Waals surface area contributed by atoms with Gasteiger partial charge in [-0.2, -0.15) is 4.31 Å². The van der Waals surface area contributed by atoms with Gasteiger partial charge in [0.1, 0.15) is 0 Å². The van der Waals surface area contributed by atoms with Crippen molar-refractivity contribution in [2.45, 2.75) is 42.4 Å². The average molecular weight is 490 g/mol. The number of benzene rings is 2. The maximum atomic E-state index is 13.0. The van der Waals surface area contributed by atoms with Crippen LogP contribution in [-0.4, -0.2) is 50.4 Å². The Hall–Kier alpha value is -2.36. The zero-order valence-electron chi connectivity index (χ0n) is 19.0. The van der Waals surface area contributed by atoms with Crippen molar-refractivity contribution in [3.63, 3.8) is 0 Å². The van der Waals surface area contributed by atoms with Crippen LogP contribution in [-0.2, 0) is 14.8 Å². The lowest BCUT2D eigenvalue weighted by Gasteiger charge is -2.30. The summed E-state index contributed by atoms with van der Waals surface area (Å²) in [5.41, 5.74) is 0.899. The summed E-state index contributed by atoms with van der Waals surface area (Å²) in [6.07, 6.45) is 4.67. The number of anilines is 1. The molecule has 0 aliphatic carbocycles. The topological polar surface area (TPSA) is 95.6 Å². The summed E-state index contributed by atoms with van der Waals surface area (Å²) in [5.74, 6) is -0.718. The van der Waals surface area contributed by atoms with Gasteiger partial charge in [-0.1, -0.05) is 25.5 Å². The molecular weight excluding hydrogens is 458 g/mol. The Kier molecular flexibility index (Phi) is 8.94.